The van der Waals surface area contributed by atoms with Crippen LogP contribution in [-0.4, -0.2) is 53.4 Å². The van der Waals surface area contributed by atoms with E-state index >= 15 is 0 Å². The second kappa shape index (κ2) is 7.71. The molecule has 1 aromatic carbocycles. The van der Waals surface area contributed by atoms with E-state index in [0.29, 0.717) is 34.0 Å². The van der Waals surface area contributed by atoms with Crippen molar-refractivity contribution >= 4 is 16.8 Å². The third-order valence-electron chi connectivity index (χ3n) is 6.56. The number of carbonyl (C=O) groups excluding carboxylic acids is 1. The highest BCUT2D eigenvalue weighted by Crippen LogP contribution is 2.34. The standard InChI is InChI=1S/C24H26F2N4O/c1-13-5-16(6-14(2)28-13)23-20(8-22(25)26)19-7-15(3-4-21(19)29-23)24(31)30-11-17-9-27-10-18(17)12-30/h3-7,17-18,22,27,29H,8-12H2,1-2H3/t17-,18?/m0/s1. The summed E-state index contributed by atoms with van der Waals surface area (Å²) < 4.78 is 27.0. The first-order valence-corrected chi connectivity index (χ1v) is 10.8. The van der Waals surface area contributed by atoms with E-state index in [1.54, 1.807) is 12.1 Å². The lowest BCUT2D eigenvalue weighted by Gasteiger charge is -2.17. The van der Waals surface area contributed by atoms with Crippen LogP contribution in [0.25, 0.3) is 22.2 Å². The predicted octanol–water partition coefficient (Wildman–Crippen LogP) is 3.95. The second-order valence-electron chi connectivity index (χ2n) is 8.86. The summed E-state index contributed by atoms with van der Waals surface area (Å²) >= 11 is 0. The second-order valence-corrected chi connectivity index (χ2v) is 8.86. The molecule has 3 aromatic rings. The van der Waals surface area contributed by atoms with Gasteiger partial charge in [0.05, 0.1) is 5.69 Å². The molecule has 2 N–H and O–H groups in total. The maximum absolute atomic E-state index is 13.5. The van der Waals surface area contributed by atoms with E-state index in [1.807, 2.05) is 36.9 Å². The maximum atomic E-state index is 13.5. The number of carbonyl (C=O) groups is 1. The number of halogens is 2. The molecule has 7 heteroatoms. The van der Waals surface area contributed by atoms with Gasteiger partial charge in [-0.2, -0.15) is 0 Å². The van der Waals surface area contributed by atoms with Crippen LogP contribution in [0.3, 0.4) is 0 Å². The van der Waals surface area contributed by atoms with Gasteiger partial charge >= 0.3 is 0 Å². The summed E-state index contributed by atoms with van der Waals surface area (Å²) in [5, 5.41) is 4.07. The number of rotatable bonds is 4. The van der Waals surface area contributed by atoms with Crippen LogP contribution >= 0.6 is 0 Å². The molecule has 2 aliphatic heterocycles. The summed E-state index contributed by atoms with van der Waals surface area (Å²) in [7, 11) is 0. The zero-order valence-electron chi connectivity index (χ0n) is 17.7. The van der Waals surface area contributed by atoms with Crippen molar-refractivity contribution in [2.75, 3.05) is 26.2 Å². The third-order valence-corrected chi connectivity index (χ3v) is 6.56. The summed E-state index contributed by atoms with van der Waals surface area (Å²) in [6.07, 6.45) is -2.85. The third kappa shape index (κ3) is 3.71. The number of aromatic nitrogens is 2. The number of pyridine rings is 1. The van der Waals surface area contributed by atoms with Crippen LogP contribution in [0, 0.1) is 25.7 Å². The van der Waals surface area contributed by atoms with Gasteiger partial charge in [0, 0.05) is 66.0 Å². The highest BCUT2D eigenvalue weighted by atomic mass is 19.3. The lowest BCUT2D eigenvalue weighted by molar-refractivity contribution is 0.0782. The molecule has 162 valence electrons. The summed E-state index contributed by atoms with van der Waals surface area (Å²) in [4.78, 5) is 22.8. The van der Waals surface area contributed by atoms with Gasteiger partial charge in [0.15, 0.2) is 0 Å². The van der Waals surface area contributed by atoms with E-state index in [1.165, 1.54) is 0 Å². The Labute approximate surface area is 179 Å². The molecule has 0 aliphatic carbocycles. The average Bonchev–Trinajstić information content (AvgIpc) is 3.39. The Bertz CT molecular complexity index is 1120. The fourth-order valence-electron chi connectivity index (χ4n) is 5.18. The Kier molecular flexibility index (Phi) is 5.01. The Balaban J connectivity index is 1.55. The smallest absolute Gasteiger partial charge is 0.253 e. The summed E-state index contributed by atoms with van der Waals surface area (Å²) in [5.74, 6) is 1.01. The molecule has 5 nitrogen and oxygen atoms in total. The van der Waals surface area contributed by atoms with Crippen molar-refractivity contribution < 1.29 is 13.6 Å². The lowest BCUT2D eigenvalue weighted by Crippen LogP contribution is -2.31. The van der Waals surface area contributed by atoms with E-state index in [-0.39, 0.29) is 12.3 Å². The van der Waals surface area contributed by atoms with Crippen LogP contribution in [0.4, 0.5) is 8.78 Å². The van der Waals surface area contributed by atoms with Crippen molar-refractivity contribution in [3.8, 4) is 11.3 Å². The Morgan fingerprint density at radius 2 is 1.81 bits per heavy atom. The summed E-state index contributed by atoms with van der Waals surface area (Å²) in [5.41, 5.74) is 5.05. The molecule has 2 aliphatic rings. The number of nitrogens with zero attached hydrogens (tertiary/aromatic N) is 2. The molecule has 2 atom stereocenters. The van der Waals surface area contributed by atoms with Crippen LogP contribution in [-0.2, 0) is 6.42 Å². The number of aryl methyl sites for hydroxylation is 2. The van der Waals surface area contributed by atoms with E-state index in [2.05, 4.69) is 15.3 Å². The molecule has 0 radical (unpaired) electrons. The highest BCUT2D eigenvalue weighted by Gasteiger charge is 2.38. The van der Waals surface area contributed by atoms with Crippen LogP contribution in [0.2, 0.25) is 0 Å². The number of aromatic amines is 1. The normalized spacial score (nSPS) is 20.7. The Morgan fingerprint density at radius 3 is 2.45 bits per heavy atom. The molecule has 1 amide bonds. The number of fused-ring (bicyclic) bond motifs is 2. The van der Waals surface area contributed by atoms with Crippen molar-refractivity contribution in [2.45, 2.75) is 26.7 Å². The van der Waals surface area contributed by atoms with Crippen LogP contribution in [0.15, 0.2) is 30.3 Å². The summed E-state index contributed by atoms with van der Waals surface area (Å²) in [6.45, 7) is 7.21. The quantitative estimate of drug-likeness (QED) is 0.667. The predicted molar refractivity (Wildman–Crippen MR) is 116 cm³/mol. The molecule has 1 unspecified atom stereocenters. The largest absolute Gasteiger partial charge is 0.354 e. The van der Waals surface area contributed by atoms with Gasteiger partial charge < -0.3 is 15.2 Å². The zero-order chi connectivity index (χ0) is 21.7. The average molecular weight is 424 g/mol. The van der Waals surface area contributed by atoms with E-state index < -0.39 is 6.43 Å². The molecule has 0 saturated carbocycles. The van der Waals surface area contributed by atoms with Crippen molar-refractivity contribution in [1.29, 1.82) is 0 Å². The van der Waals surface area contributed by atoms with Gasteiger partial charge in [0.1, 0.15) is 0 Å². The number of hydrogen-bond donors (Lipinski definition) is 2. The number of benzene rings is 1. The van der Waals surface area contributed by atoms with Crippen LogP contribution in [0.5, 0.6) is 0 Å². The SMILES string of the molecule is Cc1cc(-c2[nH]c3ccc(C(=O)N4CC5CNC[C@H]5C4)cc3c2CC(F)F)cc(C)n1. The van der Waals surface area contributed by atoms with Gasteiger partial charge in [-0.25, -0.2) is 8.78 Å². The first-order valence-electron chi connectivity index (χ1n) is 10.8. The van der Waals surface area contributed by atoms with Crippen molar-refractivity contribution in [3.05, 3.63) is 52.8 Å². The molecule has 0 spiro atoms. The fraction of sp³-hybridized carbons (Fsp3) is 0.417. The minimum Gasteiger partial charge on any atom is -0.354 e. The van der Waals surface area contributed by atoms with Gasteiger partial charge in [-0.1, -0.05) is 0 Å². The topological polar surface area (TPSA) is 61.0 Å². The fourth-order valence-corrected chi connectivity index (χ4v) is 5.18. The number of likely N-dealkylation sites (tertiary alicyclic amines) is 1. The summed E-state index contributed by atoms with van der Waals surface area (Å²) in [6, 6.07) is 9.21. The first-order chi connectivity index (χ1) is 14.9. The van der Waals surface area contributed by atoms with Gasteiger partial charge in [-0.15, -0.1) is 0 Å². The first kappa shape index (κ1) is 20.1. The minimum absolute atomic E-state index is 0.0161. The molecule has 31 heavy (non-hydrogen) atoms. The monoisotopic (exact) mass is 424 g/mol. The molecular weight excluding hydrogens is 398 g/mol. The molecule has 0 bridgehead atoms. The van der Waals surface area contributed by atoms with Crippen molar-refractivity contribution in [1.82, 2.24) is 20.2 Å². The van der Waals surface area contributed by atoms with Gasteiger partial charge in [-0.3, -0.25) is 9.78 Å². The lowest BCUT2D eigenvalue weighted by atomic mass is 10.0. The van der Waals surface area contributed by atoms with Crippen molar-refractivity contribution in [3.63, 3.8) is 0 Å². The van der Waals surface area contributed by atoms with Gasteiger partial charge in [0.25, 0.3) is 5.91 Å². The van der Waals surface area contributed by atoms with Gasteiger partial charge in [0.2, 0.25) is 6.43 Å². The molecule has 2 aromatic heterocycles. The van der Waals surface area contributed by atoms with E-state index in [9.17, 15) is 13.6 Å². The number of nitrogens with one attached hydrogen (secondary N) is 2. The maximum Gasteiger partial charge on any atom is 0.253 e. The van der Waals surface area contributed by atoms with Gasteiger partial charge in [-0.05, 0) is 61.6 Å². The molecule has 4 heterocycles. The van der Waals surface area contributed by atoms with Crippen molar-refractivity contribution in [2.24, 2.45) is 11.8 Å². The molecular formula is C24H26F2N4O. The Hall–Kier alpha value is -2.80. The number of hydrogen-bond acceptors (Lipinski definition) is 3. The van der Waals surface area contributed by atoms with E-state index in [0.717, 1.165) is 48.6 Å². The number of H-pyrrole nitrogens is 1. The van der Waals surface area contributed by atoms with E-state index in [4.69, 9.17) is 0 Å². The number of amides is 1. The van der Waals surface area contributed by atoms with Crippen LogP contribution in [0.1, 0.15) is 27.3 Å². The highest BCUT2D eigenvalue weighted by molar-refractivity contribution is 6.00. The molecule has 5 rings (SSSR count). The molecule has 2 fully saturated rings. The number of alkyl halides is 2. The Morgan fingerprint density at radius 1 is 1.13 bits per heavy atom. The minimum atomic E-state index is -2.48. The zero-order valence-corrected chi connectivity index (χ0v) is 17.7. The van der Waals surface area contributed by atoms with Crippen LogP contribution < -0.4 is 5.32 Å². The molecule has 2 saturated heterocycles.